The number of carbonyl (C=O) groups excluding carboxylic acids is 1. The van der Waals surface area contributed by atoms with Crippen LogP contribution in [0.5, 0.6) is 23.0 Å². The third kappa shape index (κ3) is 12.5. The van der Waals surface area contributed by atoms with E-state index in [0.29, 0.717) is 49.1 Å². The molecule has 0 bridgehead atoms. The Balaban J connectivity index is 1.68. The minimum atomic E-state index is -1.02. The maximum Gasteiger partial charge on any atom is 0.311 e. The molecule has 6 heteroatoms. The summed E-state index contributed by atoms with van der Waals surface area (Å²) in [7, 11) is 0. The molecule has 0 saturated heterocycles. The summed E-state index contributed by atoms with van der Waals surface area (Å²) in [6, 6.07) is 20.7. The SMILES string of the molecule is CCCCCCCCCCCC(=O)Oc1cc(OCc2ccccc2)ccc1C(O)C=Cc1ccc(OCC)cc1OCC. The van der Waals surface area contributed by atoms with Crippen LogP contribution < -0.4 is 18.9 Å². The normalized spacial score (nSPS) is 11.8. The fourth-order valence-corrected chi connectivity index (χ4v) is 4.92. The molecular formula is C38H50O6. The highest BCUT2D eigenvalue weighted by atomic mass is 16.5. The number of aliphatic hydroxyl groups is 1. The fourth-order valence-electron chi connectivity index (χ4n) is 4.92. The molecule has 0 aliphatic rings. The van der Waals surface area contributed by atoms with E-state index in [1.807, 2.05) is 62.4 Å². The molecule has 0 saturated carbocycles. The van der Waals surface area contributed by atoms with E-state index >= 15 is 0 Å². The lowest BCUT2D eigenvalue weighted by atomic mass is 10.1. The van der Waals surface area contributed by atoms with E-state index in [0.717, 1.165) is 36.1 Å². The summed E-state index contributed by atoms with van der Waals surface area (Å²) in [6.07, 6.45) is 13.4. The molecule has 1 unspecified atom stereocenters. The van der Waals surface area contributed by atoms with Gasteiger partial charge in [0.25, 0.3) is 0 Å². The van der Waals surface area contributed by atoms with E-state index in [1.54, 1.807) is 30.4 Å². The number of benzene rings is 3. The minimum absolute atomic E-state index is 0.297. The van der Waals surface area contributed by atoms with Crippen LogP contribution in [0.1, 0.15) is 108 Å². The summed E-state index contributed by atoms with van der Waals surface area (Å²) in [4.78, 5) is 12.9. The van der Waals surface area contributed by atoms with Crippen molar-refractivity contribution in [2.45, 2.75) is 97.7 Å². The van der Waals surface area contributed by atoms with Crippen molar-refractivity contribution >= 4 is 12.0 Å². The van der Waals surface area contributed by atoms with Gasteiger partial charge in [-0.25, -0.2) is 0 Å². The predicted molar refractivity (Wildman–Crippen MR) is 177 cm³/mol. The van der Waals surface area contributed by atoms with Gasteiger partial charge in [0, 0.05) is 29.7 Å². The average Bonchev–Trinajstić information content (AvgIpc) is 3.03. The summed E-state index contributed by atoms with van der Waals surface area (Å²) in [5, 5.41) is 11.2. The topological polar surface area (TPSA) is 74.2 Å². The molecule has 6 nitrogen and oxygen atoms in total. The number of hydrogen-bond donors (Lipinski definition) is 1. The Bertz CT molecular complexity index is 1270. The lowest BCUT2D eigenvalue weighted by molar-refractivity contribution is -0.134. The number of unbranched alkanes of at least 4 members (excludes halogenated alkanes) is 8. The molecular weight excluding hydrogens is 552 g/mol. The molecule has 0 amide bonds. The van der Waals surface area contributed by atoms with Gasteiger partial charge in [-0.05, 0) is 50.1 Å². The van der Waals surface area contributed by atoms with Gasteiger partial charge in [0.05, 0.1) is 13.2 Å². The molecule has 0 aromatic heterocycles. The molecule has 0 aliphatic carbocycles. The Morgan fingerprint density at radius 3 is 2.07 bits per heavy atom. The van der Waals surface area contributed by atoms with Crippen molar-refractivity contribution in [3.05, 3.63) is 89.5 Å². The Morgan fingerprint density at radius 2 is 1.36 bits per heavy atom. The monoisotopic (exact) mass is 602 g/mol. The zero-order valence-corrected chi connectivity index (χ0v) is 26.8. The number of ether oxygens (including phenoxy) is 4. The second-order valence-corrected chi connectivity index (χ2v) is 10.9. The molecule has 0 radical (unpaired) electrons. The third-order valence-corrected chi connectivity index (χ3v) is 7.31. The van der Waals surface area contributed by atoms with Crippen molar-refractivity contribution in [1.29, 1.82) is 0 Å². The summed E-state index contributed by atoms with van der Waals surface area (Å²) < 4.78 is 23.2. The standard InChI is InChI=1S/C38H50O6/c1-4-7-8-9-10-11-12-13-17-20-38(40)44-37-28-33(43-29-30-18-15-14-16-19-30)24-25-34(37)35(39)26-22-31-21-23-32(41-5-2)27-36(31)42-6-3/h14-16,18-19,21-28,35,39H,4-13,17,20,29H2,1-3H3. The van der Waals surface area contributed by atoms with E-state index in [4.69, 9.17) is 18.9 Å². The number of rotatable bonds is 21. The summed E-state index contributed by atoms with van der Waals surface area (Å²) in [5.74, 6) is 1.94. The maximum atomic E-state index is 12.9. The van der Waals surface area contributed by atoms with Crippen molar-refractivity contribution in [3.63, 3.8) is 0 Å². The second-order valence-electron chi connectivity index (χ2n) is 10.9. The first-order valence-corrected chi connectivity index (χ1v) is 16.3. The van der Waals surface area contributed by atoms with Crippen LogP contribution >= 0.6 is 0 Å². The van der Waals surface area contributed by atoms with Crippen molar-refractivity contribution in [2.75, 3.05) is 13.2 Å². The van der Waals surface area contributed by atoms with Crippen LogP contribution in [0.25, 0.3) is 6.08 Å². The van der Waals surface area contributed by atoms with Crippen LogP contribution in [0, 0.1) is 0 Å². The number of aliphatic hydroxyl groups excluding tert-OH is 1. The molecule has 3 rings (SSSR count). The summed E-state index contributed by atoms with van der Waals surface area (Å²) in [5.41, 5.74) is 2.32. The van der Waals surface area contributed by atoms with Crippen LogP contribution in [0.3, 0.4) is 0 Å². The summed E-state index contributed by atoms with van der Waals surface area (Å²) >= 11 is 0. The van der Waals surface area contributed by atoms with Gasteiger partial charge in [-0.2, -0.15) is 0 Å². The van der Waals surface area contributed by atoms with E-state index in [2.05, 4.69) is 6.92 Å². The molecule has 0 aliphatic heterocycles. The lowest BCUT2D eigenvalue weighted by Crippen LogP contribution is -2.10. The molecule has 0 fully saturated rings. The van der Waals surface area contributed by atoms with Gasteiger partial charge in [0.15, 0.2) is 0 Å². The van der Waals surface area contributed by atoms with E-state index in [-0.39, 0.29) is 5.97 Å². The molecule has 3 aromatic rings. The van der Waals surface area contributed by atoms with Gasteiger partial charge in [-0.3, -0.25) is 4.79 Å². The Kier molecular flexibility index (Phi) is 16.0. The van der Waals surface area contributed by atoms with Crippen LogP contribution in [0.15, 0.2) is 72.8 Å². The Labute approximate surface area is 264 Å². The highest BCUT2D eigenvalue weighted by Gasteiger charge is 2.16. The second kappa shape index (κ2) is 20.2. The van der Waals surface area contributed by atoms with E-state index in [9.17, 15) is 9.90 Å². The largest absolute Gasteiger partial charge is 0.494 e. The van der Waals surface area contributed by atoms with Crippen molar-refractivity contribution in [1.82, 2.24) is 0 Å². The van der Waals surface area contributed by atoms with Crippen LogP contribution in [-0.2, 0) is 11.4 Å². The number of esters is 1. The number of carbonyl (C=O) groups is 1. The Hall–Kier alpha value is -3.77. The molecule has 1 atom stereocenters. The zero-order valence-electron chi connectivity index (χ0n) is 26.8. The third-order valence-electron chi connectivity index (χ3n) is 7.31. The highest BCUT2D eigenvalue weighted by molar-refractivity contribution is 5.73. The quantitative estimate of drug-likeness (QED) is 0.0743. The maximum absolute atomic E-state index is 12.9. The minimum Gasteiger partial charge on any atom is -0.494 e. The molecule has 0 heterocycles. The van der Waals surface area contributed by atoms with Crippen LogP contribution in [-0.4, -0.2) is 24.3 Å². The van der Waals surface area contributed by atoms with Crippen LogP contribution in [0.4, 0.5) is 0 Å². The molecule has 1 N–H and O–H groups in total. The van der Waals surface area contributed by atoms with Gasteiger partial charge in [-0.15, -0.1) is 0 Å². The molecule has 3 aromatic carbocycles. The average molecular weight is 603 g/mol. The first-order chi connectivity index (χ1) is 21.5. The van der Waals surface area contributed by atoms with Crippen molar-refractivity contribution in [3.8, 4) is 23.0 Å². The lowest BCUT2D eigenvalue weighted by Gasteiger charge is -2.16. The van der Waals surface area contributed by atoms with Crippen molar-refractivity contribution in [2.24, 2.45) is 0 Å². The molecule has 238 valence electrons. The summed E-state index contributed by atoms with van der Waals surface area (Å²) in [6.45, 7) is 7.53. The van der Waals surface area contributed by atoms with E-state index in [1.165, 1.54) is 38.5 Å². The van der Waals surface area contributed by atoms with Crippen LogP contribution in [0.2, 0.25) is 0 Å². The smallest absolute Gasteiger partial charge is 0.311 e. The van der Waals surface area contributed by atoms with Gasteiger partial charge >= 0.3 is 5.97 Å². The molecule has 44 heavy (non-hydrogen) atoms. The van der Waals surface area contributed by atoms with E-state index < -0.39 is 6.10 Å². The van der Waals surface area contributed by atoms with Gasteiger partial charge in [-0.1, -0.05) is 101 Å². The first kappa shape index (κ1) is 34.7. The van der Waals surface area contributed by atoms with Gasteiger partial charge < -0.3 is 24.1 Å². The zero-order chi connectivity index (χ0) is 31.4. The number of hydrogen-bond acceptors (Lipinski definition) is 6. The predicted octanol–water partition coefficient (Wildman–Crippen LogP) is 9.64. The van der Waals surface area contributed by atoms with Crippen molar-refractivity contribution < 1.29 is 28.8 Å². The molecule has 0 spiro atoms. The van der Waals surface area contributed by atoms with Gasteiger partial charge in [0.2, 0.25) is 0 Å². The van der Waals surface area contributed by atoms with Gasteiger partial charge in [0.1, 0.15) is 35.7 Å². The first-order valence-electron chi connectivity index (χ1n) is 16.3. The Morgan fingerprint density at radius 1 is 0.727 bits per heavy atom. The fraction of sp³-hybridized carbons (Fsp3) is 0.447. The highest BCUT2D eigenvalue weighted by Crippen LogP contribution is 2.33.